The molecule has 8 heteroatoms. The standard InChI is InChI=1S/C22H28N2O6/c1-5-7-10-30-19-9-8-15(13-20(19)29-6-2)21(25)23-24-22(26)16-11-17(27-3)14-18(12-16)28-4/h8-9,11-14H,5-7,10H2,1-4H3,(H,23,25)(H,24,26). The Morgan fingerprint density at radius 2 is 1.43 bits per heavy atom. The van der Waals surface area contributed by atoms with E-state index in [2.05, 4.69) is 17.8 Å². The molecule has 2 aromatic carbocycles. The third kappa shape index (κ3) is 6.30. The molecule has 0 saturated carbocycles. The maximum absolute atomic E-state index is 12.5. The Bertz CT molecular complexity index is 846. The molecule has 0 aliphatic carbocycles. The number of carbonyl (C=O) groups is 2. The summed E-state index contributed by atoms with van der Waals surface area (Å²) in [7, 11) is 2.98. The molecular formula is C22H28N2O6. The number of nitrogens with one attached hydrogen (secondary N) is 2. The third-order valence-electron chi connectivity index (χ3n) is 4.16. The van der Waals surface area contributed by atoms with E-state index in [1.54, 1.807) is 36.4 Å². The molecule has 0 aromatic heterocycles. The van der Waals surface area contributed by atoms with Gasteiger partial charge >= 0.3 is 0 Å². The predicted molar refractivity (Wildman–Crippen MR) is 112 cm³/mol. The molecule has 0 atom stereocenters. The Hall–Kier alpha value is -3.42. The minimum atomic E-state index is -0.509. The Labute approximate surface area is 176 Å². The summed E-state index contributed by atoms with van der Waals surface area (Å²) in [6.07, 6.45) is 1.94. The second kappa shape index (κ2) is 11.5. The molecule has 0 fully saturated rings. The second-order valence-corrected chi connectivity index (χ2v) is 6.31. The molecule has 0 heterocycles. The molecule has 8 nitrogen and oxygen atoms in total. The number of hydrazine groups is 1. The fourth-order valence-electron chi connectivity index (χ4n) is 2.56. The molecule has 0 aliphatic heterocycles. The zero-order valence-corrected chi connectivity index (χ0v) is 17.7. The van der Waals surface area contributed by atoms with Crippen LogP contribution in [0, 0.1) is 0 Å². The van der Waals surface area contributed by atoms with Gasteiger partial charge in [-0.15, -0.1) is 0 Å². The molecule has 2 aromatic rings. The first-order chi connectivity index (χ1) is 14.5. The summed E-state index contributed by atoms with van der Waals surface area (Å²) in [4.78, 5) is 24.9. The summed E-state index contributed by atoms with van der Waals surface area (Å²) in [5.74, 6) is 0.987. The van der Waals surface area contributed by atoms with Crippen LogP contribution in [0.25, 0.3) is 0 Å². The lowest BCUT2D eigenvalue weighted by molar-refractivity contribution is 0.0846. The van der Waals surface area contributed by atoms with Crippen LogP contribution in [0.3, 0.4) is 0 Å². The fraction of sp³-hybridized carbons (Fsp3) is 0.364. The molecule has 0 bridgehead atoms. The van der Waals surface area contributed by atoms with Crippen molar-refractivity contribution < 1.29 is 28.5 Å². The molecule has 30 heavy (non-hydrogen) atoms. The SMILES string of the molecule is CCCCOc1ccc(C(=O)NNC(=O)c2cc(OC)cc(OC)c2)cc1OCC. The summed E-state index contributed by atoms with van der Waals surface area (Å²) in [6, 6.07) is 9.61. The van der Waals surface area contributed by atoms with Gasteiger partial charge in [0.2, 0.25) is 0 Å². The van der Waals surface area contributed by atoms with E-state index in [0.717, 1.165) is 12.8 Å². The van der Waals surface area contributed by atoms with Gasteiger partial charge in [-0.2, -0.15) is 0 Å². The highest BCUT2D eigenvalue weighted by Gasteiger charge is 2.14. The molecule has 0 unspecified atom stereocenters. The van der Waals surface area contributed by atoms with Crippen molar-refractivity contribution >= 4 is 11.8 Å². The lowest BCUT2D eigenvalue weighted by Crippen LogP contribution is -2.41. The first-order valence-corrected chi connectivity index (χ1v) is 9.75. The van der Waals surface area contributed by atoms with E-state index < -0.39 is 11.8 Å². The number of methoxy groups -OCH3 is 2. The van der Waals surface area contributed by atoms with Crippen LogP contribution in [0.1, 0.15) is 47.4 Å². The van der Waals surface area contributed by atoms with E-state index in [1.807, 2.05) is 6.92 Å². The van der Waals surface area contributed by atoms with Gasteiger partial charge in [0.05, 0.1) is 27.4 Å². The van der Waals surface area contributed by atoms with Crippen LogP contribution >= 0.6 is 0 Å². The van der Waals surface area contributed by atoms with Crippen LogP contribution in [0.2, 0.25) is 0 Å². The van der Waals surface area contributed by atoms with E-state index in [9.17, 15) is 9.59 Å². The number of hydrogen-bond donors (Lipinski definition) is 2. The summed E-state index contributed by atoms with van der Waals surface area (Å²) >= 11 is 0. The van der Waals surface area contributed by atoms with Crippen molar-refractivity contribution in [1.82, 2.24) is 10.9 Å². The zero-order valence-electron chi connectivity index (χ0n) is 17.7. The Morgan fingerprint density at radius 3 is 2.00 bits per heavy atom. The lowest BCUT2D eigenvalue weighted by Gasteiger charge is -2.14. The van der Waals surface area contributed by atoms with Gasteiger partial charge in [0.15, 0.2) is 11.5 Å². The number of hydrogen-bond acceptors (Lipinski definition) is 6. The highest BCUT2D eigenvalue weighted by molar-refractivity contribution is 5.99. The third-order valence-corrected chi connectivity index (χ3v) is 4.16. The van der Waals surface area contributed by atoms with Gasteiger partial charge in [0.25, 0.3) is 11.8 Å². The Balaban J connectivity index is 2.06. The molecule has 0 saturated heterocycles. The molecule has 0 aliphatic rings. The van der Waals surface area contributed by atoms with Crippen molar-refractivity contribution in [3.63, 3.8) is 0 Å². The maximum atomic E-state index is 12.5. The Kier molecular flexibility index (Phi) is 8.80. The van der Waals surface area contributed by atoms with Crippen LogP contribution in [-0.2, 0) is 0 Å². The summed E-state index contributed by atoms with van der Waals surface area (Å²) < 4.78 is 21.6. The highest BCUT2D eigenvalue weighted by atomic mass is 16.5. The highest BCUT2D eigenvalue weighted by Crippen LogP contribution is 2.29. The predicted octanol–water partition coefficient (Wildman–Crippen LogP) is 3.36. The Morgan fingerprint density at radius 1 is 0.800 bits per heavy atom. The van der Waals surface area contributed by atoms with Gasteiger partial charge in [0, 0.05) is 17.2 Å². The number of benzene rings is 2. The van der Waals surface area contributed by atoms with E-state index in [1.165, 1.54) is 14.2 Å². The number of unbranched alkanes of at least 4 members (excludes halogenated alkanes) is 1. The van der Waals surface area contributed by atoms with E-state index in [0.29, 0.717) is 41.8 Å². The summed E-state index contributed by atoms with van der Waals surface area (Å²) in [5.41, 5.74) is 5.39. The van der Waals surface area contributed by atoms with Gasteiger partial charge < -0.3 is 18.9 Å². The van der Waals surface area contributed by atoms with Crippen LogP contribution in [0.5, 0.6) is 23.0 Å². The van der Waals surface area contributed by atoms with Crippen LogP contribution in [0.15, 0.2) is 36.4 Å². The average Bonchev–Trinajstić information content (AvgIpc) is 2.77. The number of ether oxygens (including phenoxy) is 4. The molecule has 2 rings (SSSR count). The summed E-state index contributed by atoms with van der Waals surface area (Å²) in [5, 5.41) is 0. The van der Waals surface area contributed by atoms with Gasteiger partial charge in [-0.25, -0.2) is 0 Å². The molecular weight excluding hydrogens is 388 g/mol. The molecule has 0 spiro atoms. The van der Waals surface area contributed by atoms with E-state index in [4.69, 9.17) is 18.9 Å². The van der Waals surface area contributed by atoms with Crippen molar-refractivity contribution in [3.05, 3.63) is 47.5 Å². The van der Waals surface area contributed by atoms with Gasteiger partial charge in [-0.05, 0) is 43.7 Å². The van der Waals surface area contributed by atoms with Gasteiger partial charge in [0.1, 0.15) is 11.5 Å². The summed E-state index contributed by atoms with van der Waals surface area (Å²) in [6.45, 7) is 4.94. The van der Waals surface area contributed by atoms with Crippen LogP contribution in [0.4, 0.5) is 0 Å². The molecule has 162 valence electrons. The lowest BCUT2D eigenvalue weighted by atomic mass is 10.2. The van der Waals surface area contributed by atoms with E-state index in [-0.39, 0.29) is 5.56 Å². The number of amides is 2. The van der Waals surface area contributed by atoms with Gasteiger partial charge in [-0.3, -0.25) is 20.4 Å². The quantitative estimate of drug-likeness (QED) is 0.456. The van der Waals surface area contributed by atoms with Gasteiger partial charge in [-0.1, -0.05) is 13.3 Å². The monoisotopic (exact) mass is 416 g/mol. The van der Waals surface area contributed by atoms with Crippen molar-refractivity contribution in [2.75, 3.05) is 27.4 Å². The minimum Gasteiger partial charge on any atom is -0.497 e. The van der Waals surface area contributed by atoms with E-state index >= 15 is 0 Å². The topological polar surface area (TPSA) is 95.1 Å². The molecule has 0 radical (unpaired) electrons. The van der Waals surface area contributed by atoms with Crippen molar-refractivity contribution in [3.8, 4) is 23.0 Å². The average molecular weight is 416 g/mol. The fourth-order valence-corrected chi connectivity index (χ4v) is 2.56. The van der Waals surface area contributed by atoms with Crippen molar-refractivity contribution in [2.45, 2.75) is 26.7 Å². The first-order valence-electron chi connectivity index (χ1n) is 9.75. The number of rotatable bonds is 10. The van der Waals surface area contributed by atoms with Crippen molar-refractivity contribution in [1.29, 1.82) is 0 Å². The minimum absolute atomic E-state index is 0.279. The maximum Gasteiger partial charge on any atom is 0.269 e. The number of carbonyl (C=O) groups excluding carboxylic acids is 2. The molecule has 2 amide bonds. The van der Waals surface area contributed by atoms with Crippen LogP contribution in [-0.4, -0.2) is 39.2 Å². The zero-order chi connectivity index (χ0) is 21.9. The second-order valence-electron chi connectivity index (χ2n) is 6.31. The van der Waals surface area contributed by atoms with Crippen LogP contribution < -0.4 is 29.8 Å². The molecule has 2 N–H and O–H groups in total. The van der Waals surface area contributed by atoms with Crippen molar-refractivity contribution in [2.24, 2.45) is 0 Å². The first kappa shape index (κ1) is 22.9. The normalized spacial score (nSPS) is 10.1. The smallest absolute Gasteiger partial charge is 0.269 e. The largest absolute Gasteiger partial charge is 0.497 e.